The summed E-state index contributed by atoms with van der Waals surface area (Å²) in [6.07, 6.45) is 0.633. The fourth-order valence-electron chi connectivity index (χ4n) is 3.43. The summed E-state index contributed by atoms with van der Waals surface area (Å²) >= 11 is 1.17. The second-order valence-electron chi connectivity index (χ2n) is 6.99. The number of rotatable bonds is 3. The van der Waals surface area contributed by atoms with Crippen LogP contribution in [-0.4, -0.2) is 60.3 Å². The van der Waals surface area contributed by atoms with Gasteiger partial charge in [-0.15, -0.1) is 11.3 Å². The molecule has 0 amide bonds. The standard InChI is InChI=1S/C19H16F2N4OS.Na/c1-25-9-12-4-11(8-22-17(12)24-25)14-3-2-10-5-15(27-18(10)23-14)16(26)13-6-19(20,21)7-13;/h2-5,8-9,13,16,26H,6-7H2,1H3;/i16D;. The average Bonchev–Trinajstić information content (AvgIpc) is 3.20. The van der Waals surface area contributed by atoms with Crippen molar-refractivity contribution in [3.8, 4) is 11.3 Å². The fourth-order valence-corrected chi connectivity index (χ4v) is 4.49. The Morgan fingerprint density at radius 1 is 1.32 bits per heavy atom. The van der Waals surface area contributed by atoms with E-state index >= 15 is 0 Å². The van der Waals surface area contributed by atoms with E-state index in [0.717, 1.165) is 16.3 Å². The number of alkyl halides is 2. The van der Waals surface area contributed by atoms with Crippen LogP contribution in [0.1, 0.15) is 25.2 Å². The molecule has 1 atom stereocenters. The van der Waals surface area contributed by atoms with Gasteiger partial charge in [-0.1, -0.05) is 0 Å². The number of aliphatic hydroxyl groups is 1. The molecule has 1 aliphatic carbocycles. The Bertz CT molecular complexity index is 1220. The van der Waals surface area contributed by atoms with E-state index in [1.807, 2.05) is 31.4 Å². The summed E-state index contributed by atoms with van der Waals surface area (Å²) < 4.78 is 36.3. The predicted octanol–water partition coefficient (Wildman–Crippen LogP) is 3.94. The van der Waals surface area contributed by atoms with Gasteiger partial charge in [0.2, 0.25) is 5.92 Å². The maximum Gasteiger partial charge on any atom is 0.248 e. The normalized spacial score (nSPS) is 19.1. The first-order chi connectivity index (χ1) is 13.2. The van der Waals surface area contributed by atoms with Gasteiger partial charge in [0.05, 0.1) is 13.1 Å². The van der Waals surface area contributed by atoms with Gasteiger partial charge in [-0.25, -0.2) is 18.7 Å². The summed E-state index contributed by atoms with van der Waals surface area (Å²) in [6.45, 7) is 0. The van der Waals surface area contributed by atoms with Crippen molar-refractivity contribution in [1.29, 1.82) is 0 Å². The molecule has 1 unspecified atom stereocenters. The smallest absolute Gasteiger partial charge is 0.248 e. The predicted molar refractivity (Wildman–Crippen MR) is 106 cm³/mol. The molecule has 1 radical (unpaired) electrons. The number of thiophene rings is 1. The summed E-state index contributed by atoms with van der Waals surface area (Å²) in [6, 6.07) is 7.33. The molecule has 1 aliphatic rings. The molecule has 139 valence electrons. The monoisotopic (exact) mass is 410 g/mol. The molecule has 0 aliphatic heterocycles. The van der Waals surface area contributed by atoms with Crippen LogP contribution in [0.2, 0.25) is 0 Å². The third-order valence-corrected chi connectivity index (χ3v) is 5.95. The molecule has 4 heterocycles. The van der Waals surface area contributed by atoms with Crippen LogP contribution in [0, 0.1) is 5.92 Å². The first-order valence-corrected chi connectivity index (χ1v) is 9.34. The van der Waals surface area contributed by atoms with Crippen LogP contribution in [0.25, 0.3) is 32.5 Å². The van der Waals surface area contributed by atoms with Crippen molar-refractivity contribution in [2.45, 2.75) is 24.8 Å². The Hall–Kier alpha value is -1.45. The van der Waals surface area contributed by atoms with Crippen LogP contribution in [0.5, 0.6) is 0 Å². The molecule has 5 nitrogen and oxygen atoms in total. The SMILES string of the molecule is [2H]C(O)(c1cc2ccc(-c3cnc4nn(C)cc4c3)nc2s1)C1CC(F)(F)C1.[Na]. The molecule has 28 heavy (non-hydrogen) atoms. The Morgan fingerprint density at radius 3 is 2.86 bits per heavy atom. The minimum Gasteiger partial charge on any atom is -0.387 e. The van der Waals surface area contributed by atoms with Gasteiger partial charge in [-0.05, 0) is 24.3 Å². The van der Waals surface area contributed by atoms with E-state index in [1.54, 1.807) is 16.9 Å². The van der Waals surface area contributed by atoms with Crippen molar-refractivity contribution in [2.75, 3.05) is 0 Å². The van der Waals surface area contributed by atoms with Crippen molar-refractivity contribution in [1.82, 2.24) is 19.7 Å². The third kappa shape index (κ3) is 3.48. The molecule has 4 aromatic heterocycles. The maximum atomic E-state index is 13.2. The van der Waals surface area contributed by atoms with E-state index in [2.05, 4.69) is 15.1 Å². The first-order valence-electron chi connectivity index (χ1n) is 9.02. The number of hydrogen-bond acceptors (Lipinski definition) is 5. The summed E-state index contributed by atoms with van der Waals surface area (Å²) in [4.78, 5) is 9.97. The molecule has 1 saturated carbocycles. The Labute approximate surface area is 187 Å². The zero-order chi connectivity index (χ0) is 19.7. The minimum atomic E-state index is -2.78. The minimum absolute atomic E-state index is 0. The van der Waals surface area contributed by atoms with Gasteiger partial charge >= 0.3 is 0 Å². The number of nitrogens with zero attached hydrogens (tertiary/aromatic N) is 4. The van der Waals surface area contributed by atoms with Gasteiger partial charge in [0, 0.05) is 89.0 Å². The zero-order valence-corrected chi connectivity index (χ0v) is 18.2. The molecular formula is C19H16F2N4NaOS. The zero-order valence-electron chi connectivity index (χ0n) is 16.4. The summed E-state index contributed by atoms with van der Waals surface area (Å²) in [5.41, 5.74) is 2.20. The van der Waals surface area contributed by atoms with Crippen LogP contribution in [0.3, 0.4) is 0 Å². The van der Waals surface area contributed by atoms with E-state index in [1.165, 1.54) is 11.3 Å². The first kappa shape index (κ1) is 18.6. The van der Waals surface area contributed by atoms with Gasteiger partial charge in [-0.2, -0.15) is 5.10 Å². The van der Waals surface area contributed by atoms with Gasteiger partial charge in [0.1, 0.15) is 4.83 Å². The van der Waals surface area contributed by atoms with Gasteiger partial charge in [0.25, 0.3) is 0 Å². The summed E-state index contributed by atoms with van der Waals surface area (Å²) in [5, 5.41) is 16.5. The van der Waals surface area contributed by atoms with Crippen molar-refractivity contribution in [3.63, 3.8) is 0 Å². The van der Waals surface area contributed by atoms with Crippen LogP contribution in [0.4, 0.5) is 8.78 Å². The Morgan fingerprint density at radius 2 is 2.11 bits per heavy atom. The molecule has 0 spiro atoms. The largest absolute Gasteiger partial charge is 0.387 e. The molecule has 1 fully saturated rings. The van der Waals surface area contributed by atoms with Crippen molar-refractivity contribution < 1.29 is 15.3 Å². The molecule has 5 rings (SSSR count). The number of hydrogen-bond donors (Lipinski definition) is 1. The topological polar surface area (TPSA) is 63.8 Å². The van der Waals surface area contributed by atoms with E-state index in [0.29, 0.717) is 21.0 Å². The van der Waals surface area contributed by atoms with Gasteiger partial charge in [-0.3, -0.25) is 4.68 Å². The number of halogens is 2. The van der Waals surface area contributed by atoms with Crippen LogP contribution < -0.4 is 0 Å². The molecule has 9 heteroatoms. The average molecular weight is 410 g/mol. The molecule has 0 bridgehead atoms. The van der Waals surface area contributed by atoms with Crippen molar-refractivity contribution >= 4 is 62.1 Å². The number of aromatic nitrogens is 4. The number of pyridine rings is 2. The van der Waals surface area contributed by atoms with Gasteiger partial charge < -0.3 is 5.11 Å². The number of fused-ring (bicyclic) bond motifs is 2. The maximum absolute atomic E-state index is 13.2. The van der Waals surface area contributed by atoms with Crippen LogP contribution in [0.15, 0.2) is 36.7 Å². The van der Waals surface area contributed by atoms with Crippen molar-refractivity contribution in [2.24, 2.45) is 13.0 Å². The molecule has 0 aromatic carbocycles. The van der Waals surface area contributed by atoms with E-state index in [9.17, 15) is 13.9 Å². The quantitative estimate of drug-likeness (QED) is 0.520. The number of aryl methyl sites for hydroxylation is 1. The van der Waals surface area contributed by atoms with Crippen molar-refractivity contribution in [3.05, 3.63) is 41.5 Å². The molecule has 4 aromatic rings. The van der Waals surface area contributed by atoms with E-state index in [-0.39, 0.29) is 29.6 Å². The second kappa shape index (κ2) is 7.11. The summed E-state index contributed by atoms with van der Waals surface area (Å²) in [7, 11) is 1.83. The third-order valence-electron chi connectivity index (χ3n) is 4.88. The Balaban J connectivity index is 0.00000205. The van der Waals surface area contributed by atoms with Crippen LogP contribution in [-0.2, 0) is 7.05 Å². The van der Waals surface area contributed by atoms with E-state index < -0.39 is 30.8 Å². The fraction of sp³-hybridized carbons (Fsp3) is 0.316. The molecular weight excluding hydrogens is 393 g/mol. The molecule has 1 N–H and O–H groups in total. The second-order valence-corrected chi connectivity index (χ2v) is 8.02. The molecule has 0 saturated heterocycles. The Kier molecular flexibility index (Phi) is 4.71. The summed E-state index contributed by atoms with van der Waals surface area (Å²) in [5.74, 6) is -3.55. The van der Waals surface area contributed by atoms with Crippen LogP contribution >= 0.6 is 11.3 Å². The van der Waals surface area contributed by atoms with E-state index in [4.69, 9.17) is 1.37 Å². The van der Waals surface area contributed by atoms with Gasteiger partial charge in [0.15, 0.2) is 5.65 Å².